The molecule has 0 aliphatic heterocycles. The monoisotopic (exact) mass is 430 g/mol. The van der Waals surface area contributed by atoms with Gasteiger partial charge in [-0.2, -0.15) is 4.68 Å². The van der Waals surface area contributed by atoms with Gasteiger partial charge >= 0.3 is 5.69 Å². The minimum Gasteiger partial charge on any atom is -0.296 e. The fraction of sp³-hybridized carbons (Fsp3) is 0.292. The van der Waals surface area contributed by atoms with Crippen molar-refractivity contribution in [3.05, 3.63) is 82.3 Å². The maximum atomic E-state index is 13.0. The van der Waals surface area contributed by atoms with Crippen LogP contribution in [0.15, 0.2) is 59.7 Å². The first-order valence-electron chi connectivity index (χ1n) is 10.9. The lowest BCUT2D eigenvalue weighted by molar-refractivity contribution is 0.111. The van der Waals surface area contributed by atoms with Gasteiger partial charge in [-0.15, -0.1) is 5.10 Å². The molecule has 2 aromatic heterocycles. The molecule has 4 rings (SSSR count). The Labute approximate surface area is 186 Å². The van der Waals surface area contributed by atoms with E-state index in [1.165, 1.54) is 0 Å². The summed E-state index contributed by atoms with van der Waals surface area (Å²) in [5, 5.41) is 11.5. The molecule has 164 valence electrons. The highest BCUT2D eigenvalue weighted by atomic mass is 16.2. The number of nitrogens with zero attached hydrogens (tertiary/aromatic N) is 6. The minimum atomic E-state index is -0.131. The number of rotatable bonds is 9. The van der Waals surface area contributed by atoms with Crippen LogP contribution >= 0.6 is 0 Å². The van der Waals surface area contributed by atoms with E-state index in [-0.39, 0.29) is 5.69 Å². The van der Waals surface area contributed by atoms with Gasteiger partial charge in [-0.1, -0.05) is 55.8 Å². The number of hydrogen-bond donors (Lipinski definition) is 0. The Morgan fingerprint density at radius 3 is 2.44 bits per heavy atom. The Morgan fingerprint density at radius 1 is 1.00 bits per heavy atom. The standard InChI is InChI=1S/C24H26N6O2/c1-3-5-9-22-23(16-31)28(4-2)24(32)29(22)15-18-11-13-19(14-12-18)20-8-6-7-10-21(20)30-17-25-26-27-30/h6-8,10-14,16-17H,3-5,9,15H2,1-2H3. The lowest BCUT2D eigenvalue weighted by Gasteiger charge is -2.11. The highest BCUT2D eigenvalue weighted by Crippen LogP contribution is 2.26. The third-order valence-electron chi connectivity index (χ3n) is 5.67. The second kappa shape index (κ2) is 9.55. The molecule has 0 N–H and O–H groups in total. The summed E-state index contributed by atoms with van der Waals surface area (Å²) >= 11 is 0. The van der Waals surface area contributed by atoms with Gasteiger partial charge in [0.25, 0.3) is 0 Å². The Hall–Kier alpha value is -3.81. The molecule has 2 aromatic carbocycles. The molecule has 0 radical (unpaired) electrons. The molecule has 0 saturated carbocycles. The number of benzene rings is 2. The highest BCUT2D eigenvalue weighted by molar-refractivity contribution is 5.74. The number of aldehydes is 1. The largest absolute Gasteiger partial charge is 0.329 e. The van der Waals surface area contributed by atoms with E-state index in [4.69, 9.17) is 0 Å². The number of carbonyl (C=O) groups excluding carboxylic acids is 1. The smallest absolute Gasteiger partial charge is 0.296 e. The summed E-state index contributed by atoms with van der Waals surface area (Å²) in [5.41, 5.74) is 5.11. The highest BCUT2D eigenvalue weighted by Gasteiger charge is 2.18. The third kappa shape index (κ3) is 4.03. The van der Waals surface area contributed by atoms with Crippen molar-refractivity contribution in [1.29, 1.82) is 0 Å². The molecule has 0 saturated heterocycles. The number of unbranched alkanes of at least 4 members (excludes halogenated alkanes) is 1. The van der Waals surface area contributed by atoms with Gasteiger partial charge in [-0.05, 0) is 47.4 Å². The van der Waals surface area contributed by atoms with Gasteiger partial charge in [0.2, 0.25) is 0 Å². The van der Waals surface area contributed by atoms with Crippen LogP contribution < -0.4 is 5.69 Å². The van der Waals surface area contributed by atoms with E-state index in [1.54, 1.807) is 20.1 Å². The average Bonchev–Trinajstić information content (AvgIpc) is 3.45. The molecule has 0 fully saturated rings. The lowest BCUT2D eigenvalue weighted by Crippen LogP contribution is -2.25. The van der Waals surface area contributed by atoms with Crippen LogP contribution in [0.1, 0.15) is 48.4 Å². The normalized spacial score (nSPS) is 11.1. The molecule has 0 amide bonds. The molecule has 2 heterocycles. The number of carbonyl (C=O) groups is 1. The van der Waals surface area contributed by atoms with E-state index in [9.17, 15) is 9.59 Å². The van der Waals surface area contributed by atoms with Crippen LogP contribution in [0.25, 0.3) is 16.8 Å². The first kappa shape index (κ1) is 21.4. The molecular weight excluding hydrogens is 404 g/mol. The fourth-order valence-corrected chi connectivity index (χ4v) is 4.03. The van der Waals surface area contributed by atoms with Crippen LogP contribution in [0.4, 0.5) is 0 Å². The van der Waals surface area contributed by atoms with Crippen molar-refractivity contribution in [2.24, 2.45) is 0 Å². The fourth-order valence-electron chi connectivity index (χ4n) is 4.03. The summed E-state index contributed by atoms with van der Waals surface area (Å²) in [5.74, 6) is 0. The van der Waals surface area contributed by atoms with Gasteiger partial charge in [-0.25, -0.2) is 4.79 Å². The van der Waals surface area contributed by atoms with Crippen molar-refractivity contribution < 1.29 is 4.79 Å². The van der Waals surface area contributed by atoms with Crippen molar-refractivity contribution in [2.75, 3.05) is 0 Å². The van der Waals surface area contributed by atoms with E-state index in [0.717, 1.165) is 47.2 Å². The molecule has 0 unspecified atom stereocenters. The quantitative estimate of drug-likeness (QED) is 0.379. The maximum Gasteiger partial charge on any atom is 0.329 e. The van der Waals surface area contributed by atoms with Crippen molar-refractivity contribution in [2.45, 2.75) is 46.2 Å². The number of hydrogen-bond acceptors (Lipinski definition) is 5. The Bertz CT molecular complexity index is 1250. The summed E-state index contributed by atoms with van der Waals surface area (Å²) in [6.07, 6.45) is 5.02. The van der Waals surface area contributed by atoms with Crippen LogP contribution in [0.3, 0.4) is 0 Å². The van der Waals surface area contributed by atoms with Crippen molar-refractivity contribution >= 4 is 6.29 Å². The van der Waals surface area contributed by atoms with E-state index < -0.39 is 0 Å². The van der Waals surface area contributed by atoms with Gasteiger partial charge in [0.05, 0.1) is 17.9 Å². The summed E-state index contributed by atoms with van der Waals surface area (Å²) < 4.78 is 4.94. The summed E-state index contributed by atoms with van der Waals surface area (Å²) in [6, 6.07) is 16.0. The SMILES string of the molecule is CCCCc1c(C=O)n(CC)c(=O)n1Cc1ccc(-c2ccccc2-n2cnnn2)cc1. The average molecular weight is 431 g/mol. The van der Waals surface area contributed by atoms with E-state index in [2.05, 4.69) is 22.4 Å². The molecule has 0 aliphatic carbocycles. The second-order valence-corrected chi connectivity index (χ2v) is 7.63. The van der Waals surface area contributed by atoms with Gasteiger partial charge in [0.1, 0.15) is 12.0 Å². The van der Waals surface area contributed by atoms with Crippen molar-refractivity contribution in [3.63, 3.8) is 0 Å². The zero-order chi connectivity index (χ0) is 22.5. The molecule has 0 aliphatic rings. The van der Waals surface area contributed by atoms with Crippen LogP contribution in [0, 0.1) is 0 Å². The first-order chi connectivity index (χ1) is 15.7. The number of imidazole rings is 1. The summed E-state index contributed by atoms with van der Waals surface area (Å²) in [7, 11) is 0. The third-order valence-corrected chi connectivity index (χ3v) is 5.67. The lowest BCUT2D eigenvalue weighted by atomic mass is 10.0. The molecular formula is C24H26N6O2. The van der Waals surface area contributed by atoms with E-state index in [0.29, 0.717) is 25.2 Å². The predicted molar refractivity (Wildman–Crippen MR) is 122 cm³/mol. The minimum absolute atomic E-state index is 0.131. The summed E-state index contributed by atoms with van der Waals surface area (Å²) in [4.78, 5) is 24.7. The molecule has 8 heteroatoms. The molecule has 4 aromatic rings. The number of aromatic nitrogens is 6. The Morgan fingerprint density at radius 2 is 1.78 bits per heavy atom. The molecule has 0 bridgehead atoms. The maximum absolute atomic E-state index is 13.0. The Balaban J connectivity index is 1.67. The van der Waals surface area contributed by atoms with E-state index in [1.807, 2.05) is 55.5 Å². The van der Waals surface area contributed by atoms with Crippen LogP contribution in [-0.4, -0.2) is 35.6 Å². The topological polar surface area (TPSA) is 87.6 Å². The predicted octanol–water partition coefficient (Wildman–Crippen LogP) is 3.52. The van der Waals surface area contributed by atoms with Gasteiger partial charge < -0.3 is 0 Å². The zero-order valence-corrected chi connectivity index (χ0v) is 18.3. The number of tetrazole rings is 1. The molecule has 0 spiro atoms. The van der Waals surface area contributed by atoms with Gasteiger partial charge in [0, 0.05) is 12.1 Å². The molecule has 8 nitrogen and oxygen atoms in total. The molecule has 32 heavy (non-hydrogen) atoms. The van der Waals surface area contributed by atoms with Crippen LogP contribution in [0.2, 0.25) is 0 Å². The second-order valence-electron chi connectivity index (χ2n) is 7.63. The molecule has 0 atom stereocenters. The first-order valence-corrected chi connectivity index (χ1v) is 10.9. The Kier molecular flexibility index (Phi) is 6.39. The van der Waals surface area contributed by atoms with Crippen molar-refractivity contribution in [1.82, 2.24) is 29.3 Å². The van der Waals surface area contributed by atoms with Gasteiger partial charge in [0.15, 0.2) is 6.29 Å². The summed E-state index contributed by atoms with van der Waals surface area (Å²) in [6.45, 7) is 4.90. The van der Waals surface area contributed by atoms with E-state index >= 15 is 0 Å². The van der Waals surface area contributed by atoms with Crippen LogP contribution in [0.5, 0.6) is 0 Å². The number of para-hydroxylation sites is 1. The van der Waals surface area contributed by atoms with Crippen molar-refractivity contribution in [3.8, 4) is 16.8 Å². The zero-order valence-electron chi connectivity index (χ0n) is 18.3. The van der Waals surface area contributed by atoms with Gasteiger partial charge in [-0.3, -0.25) is 13.9 Å². The van der Waals surface area contributed by atoms with Crippen LogP contribution in [-0.2, 0) is 19.5 Å².